The number of nitro benzene ring substituents is 1. The third-order valence-electron chi connectivity index (χ3n) is 7.72. The number of rotatable bonds is 6. The van der Waals surface area contributed by atoms with Gasteiger partial charge in [0.15, 0.2) is 5.11 Å². The first kappa shape index (κ1) is 26.3. The van der Waals surface area contributed by atoms with Gasteiger partial charge in [0, 0.05) is 31.0 Å². The van der Waals surface area contributed by atoms with Crippen molar-refractivity contribution in [2.24, 2.45) is 5.92 Å². The summed E-state index contributed by atoms with van der Waals surface area (Å²) in [5.74, 6) is 1.73. The Balaban J connectivity index is 1.40. The highest BCUT2D eigenvalue weighted by molar-refractivity contribution is 7.80. The average Bonchev–Trinajstić information content (AvgIpc) is 3.58. The first-order valence-corrected chi connectivity index (χ1v) is 14.1. The van der Waals surface area contributed by atoms with Crippen LogP contribution in [0.5, 0.6) is 0 Å². The summed E-state index contributed by atoms with van der Waals surface area (Å²) in [6.45, 7) is 4.25. The van der Waals surface area contributed by atoms with Crippen molar-refractivity contribution in [3.8, 4) is 11.3 Å². The Kier molecular flexibility index (Phi) is 7.16. The Hall–Kier alpha value is -3.95. The number of hydrogen-bond donors (Lipinski definition) is 1. The number of aromatic nitrogens is 1. The molecule has 1 N–H and O–H groups in total. The number of nitrogens with zero attached hydrogens (tertiary/aromatic N) is 4. The predicted molar refractivity (Wildman–Crippen MR) is 161 cm³/mol. The number of hydrogen-bond acceptors (Lipinski definition) is 6. The van der Waals surface area contributed by atoms with Crippen LogP contribution in [-0.2, 0) is 0 Å². The van der Waals surface area contributed by atoms with Crippen LogP contribution < -0.4 is 15.1 Å². The zero-order chi connectivity index (χ0) is 27.8. The summed E-state index contributed by atoms with van der Waals surface area (Å²) in [5, 5.41) is 16.3. The van der Waals surface area contributed by atoms with Gasteiger partial charge in [0.1, 0.15) is 17.6 Å². The summed E-state index contributed by atoms with van der Waals surface area (Å²) in [7, 11) is 0. The number of para-hydroxylation sites is 1. The molecule has 2 atom stereocenters. The Labute approximate surface area is 242 Å². The van der Waals surface area contributed by atoms with Gasteiger partial charge in [-0.05, 0) is 79.5 Å². The molecule has 0 bridgehead atoms. The molecule has 2 aromatic carbocycles. The van der Waals surface area contributed by atoms with E-state index in [1.165, 1.54) is 6.07 Å². The molecule has 0 aliphatic carbocycles. The maximum atomic E-state index is 11.7. The predicted octanol–water partition coefficient (Wildman–Crippen LogP) is 7.32. The minimum atomic E-state index is -0.406. The fraction of sp³-hybridized carbons (Fsp3) is 0.267. The molecular weight excluding hydrogens is 546 g/mol. The van der Waals surface area contributed by atoms with Gasteiger partial charge >= 0.3 is 0 Å². The molecule has 2 aromatic heterocycles. The fourth-order valence-electron chi connectivity index (χ4n) is 5.57. The molecule has 0 unspecified atom stereocenters. The number of anilines is 2. The van der Waals surface area contributed by atoms with Crippen molar-refractivity contribution in [3.63, 3.8) is 0 Å². The molecule has 2 fully saturated rings. The van der Waals surface area contributed by atoms with Crippen LogP contribution >= 0.6 is 23.8 Å². The van der Waals surface area contributed by atoms with Crippen LogP contribution in [-0.4, -0.2) is 28.1 Å². The Morgan fingerprint density at radius 2 is 1.85 bits per heavy atom. The van der Waals surface area contributed by atoms with Crippen molar-refractivity contribution in [1.82, 2.24) is 10.3 Å². The van der Waals surface area contributed by atoms with Gasteiger partial charge in [-0.25, -0.2) is 0 Å². The second-order valence-corrected chi connectivity index (χ2v) is 11.1. The first-order chi connectivity index (χ1) is 19.4. The van der Waals surface area contributed by atoms with Crippen LogP contribution in [0.25, 0.3) is 11.3 Å². The lowest BCUT2D eigenvalue weighted by Crippen LogP contribution is -2.33. The molecule has 2 saturated heterocycles. The quantitative estimate of drug-likeness (QED) is 0.146. The molecule has 2 aliphatic heterocycles. The lowest BCUT2D eigenvalue weighted by molar-refractivity contribution is -0.384. The van der Waals surface area contributed by atoms with E-state index >= 15 is 0 Å². The highest BCUT2D eigenvalue weighted by Gasteiger charge is 2.43. The third-order valence-corrected chi connectivity index (χ3v) is 8.33. The minimum Gasteiger partial charge on any atom is -0.459 e. The molecular formula is C30H28ClN5O3S. The number of nitro groups is 1. The lowest BCUT2D eigenvalue weighted by atomic mass is 9.98. The molecule has 0 saturated carbocycles. The Bertz CT molecular complexity index is 1550. The van der Waals surface area contributed by atoms with Crippen molar-refractivity contribution < 1.29 is 9.34 Å². The third kappa shape index (κ3) is 4.91. The summed E-state index contributed by atoms with van der Waals surface area (Å²) < 4.78 is 6.34. The van der Waals surface area contributed by atoms with E-state index in [1.807, 2.05) is 41.3 Å². The molecule has 10 heteroatoms. The summed E-state index contributed by atoms with van der Waals surface area (Å²) >= 11 is 12.7. The second kappa shape index (κ2) is 10.9. The highest BCUT2D eigenvalue weighted by atomic mass is 35.5. The van der Waals surface area contributed by atoms with Crippen LogP contribution in [0, 0.1) is 16.0 Å². The summed E-state index contributed by atoms with van der Waals surface area (Å²) in [6, 6.07) is 21.2. The summed E-state index contributed by atoms with van der Waals surface area (Å²) in [5.41, 5.74) is 3.03. The lowest BCUT2D eigenvalue weighted by Gasteiger charge is -2.33. The number of nitrogens with one attached hydrogen (secondary N) is 1. The van der Waals surface area contributed by atoms with Crippen molar-refractivity contribution in [3.05, 3.63) is 106 Å². The van der Waals surface area contributed by atoms with Crippen LogP contribution in [0.1, 0.15) is 43.3 Å². The Morgan fingerprint density at radius 3 is 2.58 bits per heavy atom. The molecule has 204 valence electrons. The molecule has 2 aliphatic rings. The van der Waals surface area contributed by atoms with Crippen molar-refractivity contribution in [2.75, 3.05) is 22.9 Å². The number of furan rings is 1. The molecule has 40 heavy (non-hydrogen) atoms. The zero-order valence-electron chi connectivity index (χ0n) is 21.9. The van der Waals surface area contributed by atoms with Crippen molar-refractivity contribution in [2.45, 2.75) is 31.8 Å². The SMILES string of the molecule is CC1CCN(c2ccc(N3C(=S)N[C@H](c4ccccn4)[C@@H]3c3ccc(-c4ccccc4[N+](=O)[O-])o3)cc2Cl)CC1. The van der Waals surface area contributed by atoms with Gasteiger partial charge in [-0.1, -0.05) is 36.7 Å². The second-order valence-electron chi connectivity index (χ2n) is 10.3. The summed E-state index contributed by atoms with van der Waals surface area (Å²) in [6.07, 6.45) is 4.03. The monoisotopic (exact) mass is 573 g/mol. The topological polar surface area (TPSA) is 87.7 Å². The molecule has 0 amide bonds. The summed E-state index contributed by atoms with van der Waals surface area (Å²) in [4.78, 5) is 20.2. The van der Waals surface area contributed by atoms with E-state index in [0.717, 1.165) is 48.9 Å². The van der Waals surface area contributed by atoms with Gasteiger partial charge < -0.3 is 19.5 Å². The van der Waals surface area contributed by atoms with Gasteiger partial charge in [-0.15, -0.1) is 0 Å². The first-order valence-electron chi connectivity index (χ1n) is 13.3. The Morgan fingerprint density at radius 1 is 1.07 bits per heavy atom. The number of thiocarbonyl (C=S) groups is 1. The average molecular weight is 574 g/mol. The van der Waals surface area contributed by atoms with Crippen LogP contribution in [0.3, 0.4) is 0 Å². The molecule has 4 aromatic rings. The normalized spacial score (nSPS) is 19.6. The maximum absolute atomic E-state index is 11.7. The standard InChI is InChI=1S/C30H28ClN5O3S/c1-19-13-16-34(17-14-19)25-10-9-20(18-22(25)31)35-29(28(33-30(35)40)23-7-4-5-15-32-23)27-12-11-26(39-27)21-6-2-3-8-24(21)36(37)38/h2-12,15,18-19,28-29H,13-14,16-17H2,1H3,(H,33,40)/t28-,29+/m1/s1. The molecule has 0 spiro atoms. The van der Waals surface area contributed by atoms with E-state index in [2.05, 4.69) is 28.2 Å². The van der Waals surface area contributed by atoms with Gasteiger partial charge in [-0.2, -0.15) is 0 Å². The zero-order valence-corrected chi connectivity index (χ0v) is 23.4. The molecule has 0 radical (unpaired) electrons. The van der Waals surface area contributed by atoms with Crippen LogP contribution in [0.4, 0.5) is 17.1 Å². The molecule has 6 rings (SSSR count). The highest BCUT2D eigenvalue weighted by Crippen LogP contribution is 2.45. The largest absolute Gasteiger partial charge is 0.459 e. The van der Waals surface area contributed by atoms with Gasteiger partial charge in [0.25, 0.3) is 5.69 Å². The molecule has 8 nitrogen and oxygen atoms in total. The van der Waals surface area contributed by atoms with Crippen LogP contribution in [0.2, 0.25) is 5.02 Å². The number of benzene rings is 2. The minimum absolute atomic E-state index is 0.0175. The van der Waals surface area contributed by atoms with E-state index in [0.29, 0.717) is 27.2 Å². The number of halogens is 1. The van der Waals surface area contributed by atoms with Crippen molar-refractivity contribution >= 4 is 46.0 Å². The smallest absolute Gasteiger partial charge is 0.280 e. The van der Waals surface area contributed by atoms with Gasteiger partial charge in [0.2, 0.25) is 0 Å². The fourth-order valence-corrected chi connectivity index (χ4v) is 6.21. The van der Waals surface area contributed by atoms with Gasteiger partial charge in [-0.3, -0.25) is 15.1 Å². The van der Waals surface area contributed by atoms with Crippen LogP contribution in [0.15, 0.2) is 83.4 Å². The van der Waals surface area contributed by atoms with E-state index < -0.39 is 11.0 Å². The molecule has 4 heterocycles. The maximum Gasteiger partial charge on any atom is 0.280 e. The number of piperidine rings is 1. The van der Waals surface area contributed by atoms with E-state index in [-0.39, 0.29) is 11.7 Å². The van der Waals surface area contributed by atoms with E-state index in [9.17, 15) is 10.1 Å². The van der Waals surface area contributed by atoms with Gasteiger partial charge in [0.05, 0.1) is 32.9 Å². The number of pyridine rings is 1. The van der Waals surface area contributed by atoms with E-state index in [1.54, 1.807) is 30.5 Å². The van der Waals surface area contributed by atoms with Crippen molar-refractivity contribution in [1.29, 1.82) is 0 Å². The van der Waals surface area contributed by atoms with E-state index in [4.69, 9.17) is 28.2 Å².